The van der Waals surface area contributed by atoms with Crippen LogP contribution in [0.5, 0.6) is 11.5 Å². The maximum Gasteiger partial charge on any atom is 0.229 e. The molecule has 9 nitrogen and oxygen atoms in total. The zero-order chi connectivity index (χ0) is 26.8. The van der Waals surface area contributed by atoms with Gasteiger partial charge in [-0.2, -0.15) is 5.10 Å². The highest BCUT2D eigenvalue weighted by Crippen LogP contribution is 2.38. The summed E-state index contributed by atoms with van der Waals surface area (Å²) in [6.45, 7) is 1.54. The summed E-state index contributed by atoms with van der Waals surface area (Å²) >= 11 is 0. The molecule has 0 spiro atoms. The monoisotopic (exact) mass is 520 g/mol. The number of ether oxygens (including phenoxy) is 3. The van der Waals surface area contributed by atoms with Crippen molar-refractivity contribution in [3.05, 3.63) is 89.5 Å². The molecule has 0 bridgehead atoms. The normalized spacial score (nSPS) is 27.2. The van der Waals surface area contributed by atoms with E-state index < -0.39 is 37.3 Å². The van der Waals surface area contributed by atoms with Gasteiger partial charge in [-0.15, -0.1) is 0 Å². The molecule has 1 unspecified atom stereocenters. The Morgan fingerprint density at radius 2 is 1.53 bits per heavy atom. The van der Waals surface area contributed by atoms with Crippen LogP contribution in [0.4, 0.5) is 5.69 Å². The smallest absolute Gasteiger partial charge is 0.229 e. The predicted octanol–water partition coefficient (Wildman–Crippen LogP) is 2.54. The van der Waals surface area contributed by atoms with Crippen molar-refractivity contribution in [2.24, 2.45) is 5.10 Å². The molecule has 0 saturated carbocycles. The number of hydrogen-bond acceptors (Lipinski definition) is 9. The van der Waals surface area contributed by atoms with Crippen molar-refractivity contribution >= 4 is 11.4 Å². The summed E-state index contributed by atoms with van der Waals surface area (Å²) in [7, 11) is 1.63. The molecule has 4 N–H and O–H groups in total. The number of aliphatic hydroxyl groups excluding tert-OH is 4. The van der Waals surface area contributed by atoms with Crippen molar-refractivity contribution in [3.8, 4) is 11.5 Å². The number of anilines is 1. The topological polar surface area (TPSA) is 124 Å². The SMILES string of the molecule is COc1ccc(N2N=C(c3ccc(C)cc3)CC2c2ccc(O[C@@H]3O[C@H](CO)[C@@H](O)[C@@H](O)[C@H]3O)cc2)cc1. The van der Waals surface area contributed by atoms with Crippen LogP contribution in [0.15, 0.2) is 77.9 Å². The Morgan fingerprint density at radius 3 is 2.16 bits per heavy atom. The van der Waals surface area contributed by atoms with Gasteiger partial charge in [-0.3, -0.25) is 5.01 Å². The molecule has 0 amide bonds. The molecule has 5 rings (SSSR count). The van der Waals surface area contributed by atoms with Crippen LogP contribution in [0.1, 0.15) is 29.2 Å². The highest BCUT2D eigenvalue weighted by Gasteiger charge is 2.44. The van der Waals surface area contributed by atoms with E-state index in [0.29, 0.717) is 12.2 Å². The highest BCUT2D eigenvalue weighted by molar-refractivity contribution is 6.03. The van der Waals surface area contributed by atoms with Gasteiger partial charge in [0.25, 0.3) is 0 Å². The van der Waals surface area contributed by atoms with Crippen LogP contribution in [0.3, 0.4) is 0 Å². The first-order chi connectivity index (χ1) is 18.4. The standard InChI is InChI=1S/C29H32N2O7/c1-17-3-5-18(6-4-17)23-15-24(31(30-23)20-9-13-21(36-2)14-10-20)19-7-11-22(12-8-19)37-29-28(35)27(34)26(33)25(16-32)38-29/h3-14,24-29,32-35H,15-16H2,1-2H3/t24?,25-,26-,27-,28-,29-/m1/s1. The quantitative estimate of drug-likeness (QED) is 0.375. The zero-order valence-electron chi connectivity index (χ0n) is 21.2. The van der Waals surface area contributed by atoms with Gasteiger partial charge in [0.05, 0.1) is 31.2 Å². The lowest BCUT2D eigenvalue weighted by atomic mass is 9.97. The predicted molar refractivity (Wildman–Crippen MR) is 141 cm³/mol. The van der Waals surface area contributed by atoms with E-state index in [9.17, 15) is 20.4 Å². The van der Waals surface area contributed by atoms with E-state index in [0.717, 1.165) is 28.3 Å². The van der Waals surface area contributed by atoms with Crippen LogP contribution in [-0.4, -0.2) is 70.6 Å². The summed E-state index contributed by atoms with van der Waals surface area (Å²) in [6, 6.07) is 23.4. The average molecular weight is 521 g/mol. The van der Waals surface area contributed by atoms with Gasteiger partial charge in [-0.25, -0.2) is 0 Å². The molecule has 200 valence electrons. The summed E-state index contributed by atoms with van der Waals surface area (Å²) in [5.74, 6) is 1.17. The molecule has 0 aromatic heterocycles. The van der Waals surface area contributed by atoms with Gasteiger partial charge in [-0.1, -0.05) is 42.0 Å². The summed E-state index contributed by atoms with van der Waals surface area (Å²) in [5.41, 5.74) is 5.17. The third kappa shape index (κ3) is 5.24. The molecule has 1 saturated heterocycles. The second kappa shape index (κ2) is 11.1. The van der Waals surface area contributed by atoms with Crippen LogP contribution in [0, 0.1) is 6.92 Å². The van der Waals surface area contributed by atoms with Gasteiger partial charge in [0, 0.05) is 6.42 Å². The van der Waals surface area contributed by atoms with Crippen molar-refractivity contribution in [2.45, 2.75) is 50.1 Å². The maximum atomic E-state index is 10.3. The van der Waals surface area contributed by atoms with Crippen LogP contribution in [-0.2, 0) is 4.74 Å². The lowest BCUT2D eigenvalue weighted by Crippen LogP contribution is -2.60. The summed E-state index contributed by atoms with van der Waals surface area (Å²) in [4.78, 5) is 0. The van der Waals surface area contributed by atoms with Gasteiger partial charge < -0.3 is 34.6 Å². The van der Waals surface area contributed by atoms with Gasteiger partial charge >= 0.3 is 0 Å². The van der Waals surface area contributed by atoms with Crippen LogP contribution >= 0.6 is 0 Å². The molecule has 0 aliphatic carbocycles. The Morgan fingerprint density at radius 1 is 0.868 bits per heavy atom. The van der Waals surface area contributed by atoms with Gasteiger partial charge in [0.2, 0.25) is 6.29 Å². The molecule has 0 radical (unpaired) electrons. The molecular formula is C29H32N2O7. The number of rotatable bonds is 7. The number of hydrogen-bond donors (Lipinski definition) is 4. The van der Waals surface area contributed by atoms with Crippen molar-refractivity contribution in [1.29, 1.82) is 0 Å². The fourth-order valence-corrected chi connectivity index (χ4v) is 4.73. The fraction of sp³-hybridized carbons (Fsp3) is 0.345. The van der Waals surface area contributed by atoms with E-state index in [-0.39, 0.29) is 6.04 Å². The minimum absolute atomic E-state index is 0.0685. The van der Waals surface area contributed by atoms with Crippen LogP contribution < -0.4 is 14.5 Å². The third-order valence-corrected chi connectivity index (χ3v) is 7.00. The summed E-state index contributed by atoms with van der Waals surface area (Å²) in [6.07, 6.45) is -5.99. The first-order valence-corrected chi connectivity index (χ1v) is 12.5. The Kier molecular flexibility index (Phi) is 7.64. The molecule has 2 aliphatic rings. The van der Waals surface area contributed by atoms with E-state index in [4.69, 9.17) is 19.3 Å². The van der Waals surface area contributed by atoms with Crippen LogP contribution in [0.2, 0.25) is 0 Å². The number of methoxy groups -OCH3 is 1. The second-order valence-corrected chi connectivity index (χ2v) is 9.56. The number of aliphatic hydroxyl groups is 4. The molecule has 38 heavy (non-hydrogen) atoms. The third-order valence-electron chi connectivity index (χ3n) is 7.00. The van der Waals surface area contributed by atoms with E-state index >= 15 is 0 Å². The molecule has 9 heteroatoms. The maximum absolute atomic E-state index is 10.3. The van der Waals surface area contributed by atoms with Crippen molar-refractivity contribution in [1.82, 2.24) is 0 Å². The number of benzene rings is 3. The van der Waals surface area contributed by atoms with Crippen LogP contribution in [0.25, 0.3) is 0 Å². The van der Waals surface area contributed by atoms with E-state index in [1.54, 1.807) is 19.2 Å². The van der Waals surface area contributed by atoms with Gasteiger partial charge in [0.1, 0.15) is 35.9 Å². The molecule has 1 fully saturated rings. The Labute approximate surface area is 221 Å². The minimum Gasteiger partial charge on any atom is -0.497 e. The molecule has 2 heterocycles. The summed E-state index contributed by atoms with van der Waals surface area (Å²) in [5, 5.41) is 46.7. The molecule has 3 aromatic rings. The van der Waals surface area contributed by atoms with Crippen molar-refractivity contribution in [3.63, 3.8) is 0 Å². The van der Waals surface area contributed by atoms with E-state index in [2.05, 4.69) is 31.2 Å². The van der Waals surface area contributed by atoms with Crippen molar-refractivity contribution < 1.29 is 34.6 Å². The lowest BCUT2D eigenvalue weighted by molar-refractivity contribution is -0.277. The van der Waals surface area contributed by atoms with Gasteiger partial charge in [0.15, 0.2) is 0 Å². The highest BCUT2D eigenvalue weighted by atomic mass is 16.7. The first kappa shape index (κ1) is 26.1. The number of aryl methyl sites for hydroxylation is 1. The van der Waals surface area contributed by atoms with Crippen molar-refractivity contribution in [2.75, 3.05) is 18.7 Å². The first-order valence-electron chi connectivity index (χ1n) is 12.5. The lowest BCUT2D eigenvalue weighted by Gasteiger charge is -2.39. The number of nitrogens with zero attached hydrogens (tertiary/aromatic N) is 2. The average Bonchev–Trinajstić information content (AvgIpc) is 3.39. The minimum atomic E-state index is -1.50. The number of hydrazone groups is 1. The summed E-state index contributed by atoms with van der Waals surface area (Å²) < 4.78 is 16.5. The largest absolute Gasteiger partial charge is 0.497 e. The zero-order valence-corrected chi connectivity index (χ0v) is 21.2. The Balaban J connectivity index is 1.38. The Hall–Kier alpha value is -3.47. The Bertz CT molecular complexity index is 1250. The van der Waals surface area contributed by atoms with E-state index in [1.807, 2.05) is 41.4 Å². The van der Waals surface area contributed by atoms with Gasteiger partial charge in [-0.05, 0) is 54.4 Å². The molecular weight excluding hydrogens is 488 g/mol. The van der Waals surface area contributed by atoms with E-state index in [1.165, 1.54) is 5.56 Å². The second-order valence-electron chi connectivity index (χ2n) is 9.56. The molecule has 2 aliphatic heterocycles. The fourth-order valence-electron chi connectivity index (χ4n) is 4.73. The molecule has 3 aromatic carbocycles. The molecule has 6 atom stereocenters.